The Hall–Kier alpha value is -3.41. The molecule has 0 aromatic heterocycles. The highest BCUT2D eigenvalue weighted by Gasteiger charge is 2.27. The lowest BCUT2D eigenvalue weighted by molar-refractivity contribution is -0.129. The van der Waals surface area contributed by atoms with Crippen LogP contribution in [0.1, 0.15) is 49.3 Å². The van der Waals surface area contributed by atoms with Crippen LogP contribution in [0, 0.1) is 18.2 Å². The predicted octanol–water partition coefficient (Wildman–Crippen LogP) is 2.64. The highest BCUT2D eigenvalue weighted by atomic mass is 19.1. The normalized spacial score (nSPS) is 19.8. The largest absolute Gasteiger partial charge is 0.493 e. The first kappa shape index (κ1) is 28.2. The Labute approximate surface area is 218 Å². The first-order valence-corrected chi connectivity index (χ1v) is 12.8. The molecule has 7 nitrogen and oxygen atoms in total. The zero-order valence-electron chi connectivity index (χ0n) is 21.3. The average Bonchev–Trinajstić information content (AvgIpc) is 2.87. The summed E-state index contributed by atoms with van der Waals surface area (Å²) in [6.07, 6.45) is 6.90. The predicted molar refractivity (Wildman–Crippen MR) is 140 cm³/mol. The van der Waals surface area contributed by atoms with Crippen LogP contribution in [0.15, 0.2) is 42.5 Å². The van der Waals surface area contributed by atoms with E-state index in [1.807, 2.05) is 12.1 Å². The van der Waals surface area contributed by atoms with Gasteiger partial charge in [-0.3, -0.25) is 9.59 Å². The third-order valence-electron chi connectivity index (χ3n) is 6.30. The van der Waals surface area contributed by atoms with Crippen LogP contribution in [0.5, 0.6) is 5.75 Å². The number of aliphatic hydroxyl groups is 1. The smallest absolute Gasteiger partial charge is 0.243 e. The number of hydrogen-bond donors (Lipinski definition) is 4. The van der Waals surface area contributed by atoms with Crippen LogP contribution in [0.2, 0.25) is 0 Å². The molecule has 0 aliphatic carbocycles. The van der Waals surface area contributed by atoms with Gasteiger partial charge in [0.1, 0.15) is 17.6 Å². The van der Waals surface area contributed by atoms with Crippen molar-refractivity contribution >= 4 is 11.8 Å². The number of aliphatic hydroxyl groups excluding tert-OH is 1. The van der Waals surface area contributed by atoms with E-state index in [0.29, 0.717) is 37.3 Å². The molecule has 1 aliphatic rings. The van der Waals surface area contributed by atoms with Crippen LogP contribution in [0.4, 0.5) is 4.39 Å². The van der Waals surface area contributed by atoms with E-state index < -0.39 is 29.9 Å². The maximum atomic E-state index is 14.3. The molecule has 2 aromatic carbocycles. The Morgan fingerprint density at radius 3 is 2.78 bits per heavy atom. The first-order valence-electron chi connectivity index (χ1n) is 12.8. The van der Waals surface area contributed by atoms with E-state index in [1.165, 1.54) is 17.7 Å². The Bertz CT molecular complexity index is 1100. The number of benzene rings is 2. The minimum absolute atomic E-state index is 0.0135. The number of fused-ring (bicyclic) bond motifs is 2. The second-order valence-corrected chi connectivity index (χ2v) is 9.32. The van der Waals surface area contributed by atoms with Gasteiger partial charge in [0.2, 0.25) is 11.8 Å². The number of hydrogen-bond acceptors (Lipinski definition) is 5. The molecule has 0 radical (unpaired) electrons. The maximum Gasteiger partial charge on any atom is 0.243 e. The van der Waals surface area contributed by atoms with Crippen LogP contribution in [-0.4, -0.2) is 48.3 Å². The molecular weight excluding hydrogens is 473 g/mol. The lowest BCUT2D eigenvalue weighted by Gasteiger charge is -2.27. The molecular formula is C29H36FN3O4. The van der Waals surface area contributed by atoms with Crippen molar-refractivity contribution in [3.8, 4) is 18.1 Å². The highest BCUT2D eigenvalue weighted by Crippen LogP contribution is 2.19. The Morgan fingerprint density at radius 1 is 1.19 bits per heavy atom. The summed E-state index contributed by atoms with van der Waals surface area (Å²) < 4.78 is 20.0. The van der Waals surface area contributed by atoms with E-state index in [9.17, 15) is 19.1 Å². The number of halogens is 1. The fourth-order valence-electron chi connectivity index (χ4n) is 4.28. The summed E-state index contributed by atoms with van der Waals surface area (Å²) in [7, 11) is 0. The fourth-order valence-corrected chi connectivity index (χ4v) is 4.28. The molecule has 8 heteroatoms. The molecule has 1 heterocycles. The standard InChI is InChI=1S/C29H36FN3O4/c1-3-8-25-29(36)33-26(27(34)19-31-18-21-10-7-9-20(4-2)13-21)16-22-14-23(30)17-24(15-22)37-12-6-5-11-28(35)32-25/h1,7,9-10,13-15,17,25-27,31,34H,4-6,8,11-12,16,18-19H2,2H3,(H,32,35)(H,33,36)/t25-,26-,27+/m0/s1. The second kappa shape index (κ2) is 14.4. The number of terminal acetylenes is 1. The van der Waals surface area contributed by atoms with E-state index in [0.717, 1.165) is 12.0 Å². The highest BCUT2D eigenvalue weighted by molar-refractivity contribution is 5.88. The summed E-state index contributed by atoms with van der Waals surface area (Å²) in [5, 5.41) is 19.8. The number of carbonyl (C=O) groups excluding carboxylic acids is 2. The molecule has 0 fully saturated rings. The summed E-state index contributed by atoms with van der Waals surface area (Å²) in [6.45, 7) is 3.15. The molecule has 2 bridgehead atoms. The summed E-state index contributed by atoms with van der Waals surface area (Å²) in [5.41, 5.74) is 2.88. The van der Waals surface area contributed by atoms with Gasteiger partial charge in [-0.2, -0.15) is 0 Å². The number of amides is 2. The summed E-state index contributed by atoms with van der Waals surface area (Å²) >= 11 is 0. The van der Waals surface area contributed by atoms with Gasteiger partial charge < -0.3 is 25.8 Å². The first-order chi connectivity index (χ1) is 17.9. The number of ether oxygens (including phenoxy) is 1. The number of carbonyl (C=O) groups is 2. The molecule has 0 saturated heterocycles. The van der Waals surface area contributed by atoms with Crippen molar-refractivity contribution in [3.05, 3.63) is 65.0 Å². The number of nitrogens with one attached hydrogen (secondary N) is 3. The van der Waals surface area contributed by atoms with Gasteiger partial charge in [-0.05, 0) is 54.5 Å². The molecule has 1 aliphatic heterocycles. The van der Waals surface area contributed by atoms with E-state index in [4.69, 9.17) is 11.2 Å². The topological polar surface area (TPSA) is 99.7 Å². The molecule has 37 heavy (non-hydrogen) atoms. The van der Waals surface area contributed by atoms with Crippen LogP contribution in [0.3, 0.4) is 0 Å². The van der Waals surface area contributed by atoms with Crippen LogP contribution < -0.4 is 20.7 Å². The third-order valence-corrected chi connectivity index (χ3v) is 6.30. The summed E-state index contributed by atoms with van der Waals surface area (Å²) in [6, 6.07) is 10.8. The lowest BCUT2D eigenvalue weighted by Crippen LogP contribution is -2.54. The molecule has 0 unspecified atom stereocenters. The van der Waals surface area contributed by atoms with Crippen LogP contribution >= 0.6 is 0 Å². The van der Waals surface area contributed by atoms with E-state index in [2.05, 4.69) is 40.9 Å². The van der Waals surface area contributed by atoms with Gasteiger partial charge in [-0.1, -0.05) is 31.2 Å². The van der Waals surface area contributed by atoms with Crippen molar-refractivity contribution in [1.29, 1.82) is 0 Å². The lowest BCUT2D eigenvalue weighted by atomic mass is 9.99. The van der Waals surface area contributed by atoms with Crippen LogP contribution in [-0.2, 0) is 29.0 Å². The molecule has 3 atom stereocenters. The molecule has 4 N–H and O–H groups in total. The van der Waals surface area contributed by atoms with Gasteiger partial charge in [-0.25, -0.2) is 4.39 Å². The molecule has 0 saturated carbocycles. The Balaban J connectivity index is 1.78. The van der Waals surface area contributed by atoms with Gasteiger partial charge in [0, 0.05) is 32.0 Å². The molecule has 0 spiro atoms. The Morgan fingerprint density at radius 2 is 2.00 bits per heavy atom. The quantitative estimate of drug-likeness (QED) is 0.430. The summed E-state index contributed by atoms with van der Waals surface area (Å²) in [5.74, 6) is 1.56. The van der Waals surface area contributed by atoms with Crippen molar-refractivity contribution in [2.75, 3.05) is 13.2 Å². The van der Waals surface area contributed by atoms with Crippen molar-refractivity contribution in [1.82, 2.24) is 16.0 Å². The van der Waals surface area contributed by atoms with Crippen molar-refractivity contribution in [2.24, 2.45) is 0 Å². The molecule has 2 aromatic rings. The van der Waals surface area contributed by atoms with Gasteiger partial charge in [0.25, 0.3) is 0 Å². The third kappa shape index (κ3) is 9.19. The number of rotatable bonds is 7. The van der Waals surface area contributed by atoms with E-state index >= 15 is 0 Å². The fraction of sp³-hybridized carbons (Fsp3) is 0.448. The minimum Gasteiger partial charge on any atom is -0.493 e. The zero-order valence-corrected chi connectivity index (χ0v) is 21.3. The van der Waals surface area contributed by atoms with Crippen LogP contribution in [0.25, 0.3) is 0 Å². The molecule has 198 valence electrons. The maximum absolute atomic E-state index is 14.3. The van der Waals surface area contributed by atoms with Crippen molar-refractivity contribution < 1.29 is 23.8 Å². The zero-order chi connectivity index (χ0) is 26.6. The SMILES string of the molecule is C#CC[C@@H]1NC(=O)CCCCOc2cc(F)cc(c2)C[C@@H]([C@H](O)CNCc2cccc(CC)c2)NC1=O. The molecule has 3 rings (SSSR count). The second-order valence-electron chi connectivity index (χ2n) is 9.32. The van der Waals surface area contributed by atoms with Crippen molar-refractivity contribution in [2.45, 2.75) is 70.2 Å². The minimum atomic E-state index is -0.996. The van der Waals surface area contributed by atoms with Crippen molar-refractivity contribution in [3.63, 3.8) is 0 Å². The molecule has 2 amide bonds. The van der Waals surface area contributed by atoms with Gasteiger partial charge in [0.15, 0.2) is 0 Å². The summed E-state index contributed by atoms with van der Waals surface area (Å²) in [4.78, 5) is 25.5. The van der Waals surface area contributed by atoms with E-state index in [1.54, 1.807) is 6.07 Å². The monoisotopic (exact) mass is 509 g/mol. The number of aryl methyl sites for hydroxylation is 1. The Kier molecular flexibility index (Phi) is 10.9. The van der Waals surface area contributed by atoms with E-state index in [-0.39, 0.29) is 31.7 Å². The van der Waals surface area contributed by atoms with Gasteiger partial charge in [0.05, 0.1) is 18.8 Å². The van der Waals surface area contributed by atoms with Gasteiger partial charge in [-0.15, -0.1) is 12.3 Å². The van der Waals surface area contributed by atoms with Gasteiger partial charge >= 0.3 is 0 Å². The average molecular weight is 510 g/mol.